The van der Waals surface area contributed by atoms with Crippen molar-refractivity contribution >= 4 is 26.9 Å². The van der Waals surface area contributed by atoms with Gasteiger partial charge in [-0.2, -0.15) is 8.42 Å². The van der Waals surface area contributed by atoms with Crippen LogP contribution in [0.2, 0.25) is 0 Å². The highest BCUT2D eigenvalue weighted by Gasteiger charge is 2.08. The number of fused-ring (bicyclic) bond motifs is 1. The van der Waals surface area contributed by atoms with Crippen molar-refractivity contribution in [1.82, 2.24) is 9.97 Å². The zero-order chi connectivity index (χ0) is 17.2. The molecule has 3 N–H and O–H groups in total. The fourth-order valence-electron chi connectivity index (χ4n) is 2.06. The van der Waals surface area contributed by atoms with E-state index in [1.165, 1.54) is 19.2 Å². The Balaban J connectivity index is 1.89. The van der Waals surface area contributed by atoms with Crippen LogP contribution in [0, 0.1) is 0 Å². The highest BCUT2D eigenvalue weighted by Crippen LogP contribution is 2.29. The molecule has 2 heterocycles. The minimum absolute atomic E-state index is 0.337. The first-order chi connectivity index (χ1) is 11.4. The van der Waals surface area contributed by atoms with E-state index in [1.807, 2.05) is 0 Å². The Morgan fingerprint density at radius 1 is 1.08 bits per heavy atom. The van der Waals surface area contributed by atoms with Crippen molar-refractivity contribution in [3.63, 3.8) is 0 Å². The average molecular weight is 346 g/mol. The molecule has 0 spiro atoms. The van der Waals surface area contributed by atoms with E-state index in [0.717, 1.165) is 0 Å². The number of nitrogens with two attached hydrogens (primary N) is 1. The minimum Gasteiger partial charge on any atom is -0.481 e. The van der Waals surface area contributed by atoms with Gasteiger partial charge in [0, 0.05) is 24.0 Å². The van der Waals surface area contributed by atoms with Crippen molar-refractivity contribution in [2.24, 2.45) is 5.14 Å². The average Bonchev–Trinajstić information content (AvgIpc) is 2.55. The summed E-state index contributed by atoms with van der Waals surface area (Å²) in [6.45, 7) is 0. The van der Waals surface area contributed by atoms with Crippen LogP contribution in [0.3, 0.4) is 0 Å². The van der Waals surface area contributed by atoms with E-state index in [9.17, 15) is 8.42 Å². The van der Waals surface area contributed by atoms with Gasteiger partial charge in [0.1, 0.15) is 11.3 Å². The first-order valence-electron chi connectivity index (χ1n) is 6.83. The maximum Gasteiger partial charge on any atom is 0.296 e. The predicted octanol–water partition coefficient (Wildman–Crippen LogP) is 2.05. The van der Waals surface area contributed by atoms with Gasteiger partial charge in [0.2, 0.25) is 5.88 Å². The molecule has 3 rings (SSSR count). The van der Waals surface area contributed by atoms with Gasteiger partial charge in [-0.05, 0) is 30.3 Å². The second-order valence-electron chi connectivity index (χ2n) is 4.80. The number of aromatic nitrogens is 2. The van der Waals surface area contributed by atoms with E-state index in [0.29, 0.717) is 34.1 Å². The highest BCUT2D eigenvalue weighted by atomic mass is 32.2. The van der Waals surface area contributed by atoms with E-state index in [2.05, 4.69) is 14.7 Å². The van der Waals surface area contributed by atoms with Crippen LogP contribution in [0.1, 0.15) is 0 Å². The number of benzene rings is 1. The Morgan fingerprint density at radius 2 is 1.83 bits per heavy atom. The normalized spacial score (nSPS) is 11.2. The monoisotopic (exact) mass is 346 g/mol. The number of rotatable bonds is 5. The first kappa shape index (κ1) is 16.0. The molecule has 24 heavy (non-hydrogen) atoms. The van der Waals surface area contributed by atoms with Gasteiger partial charge in [-0.25, -0.2) is 10.1 Å². The molecule has 0 aliphatic heterocycles. The first-order valence-corrected chi connectivity index (χ1v) is 8.37. The lowest BCUT2D eigenvalue weighted by Crippen LogP contribution is -2.21. The summed E-state index contributed by atoms with van der Waals surface area (Å²) in [6.07, 6.45) is 1.61. The molecule has 0 unspecified atom stereocenters. The zero-order valence-corrected chi connectivity index (χ0v) is 13.4. The predicted molar refractivity (Wildman–Crippen MR) is 89.3 cm³/mol. The summed E-state index contributed by atoms with van der Waals surface area (Å²) in [7, 11) is -2.28. The number of ether oxygens (including phenoxy) is 2. The molecule has 2 aromatic heterocycles. The smallest absolute Gasteiger partial charge is 0.296 e. The fraction of sp³-hybridized carbons (Fsp3) is 0.0667. The second kappa shape index (κ2) is 6.30. The molecule has 0 saturated carbocycles. The fourth-order valence-corrected chi connectivity index (χ4v) is 2.53. The molecule has 124 valence electrons. The van der Waals surface area contributed by atoms with Crippen LogP contribution in [0.15, 0.2) is 48.7 Å². The number of hydrogen-bond donors (Lipinski definition) is 2. The molecule has 1 aromatic carbocycles. The number of pyridine rings is 2. The van der Waals surface area contributed by atoms with Gasteiger partial charge in [-0.1, -0.05) is 0 Å². The lowest BCUT2D eigenvalue weighted by Gasteiger charge is -2.09. The maximum atomic E-state index is 11.0. The molecule has 9 heteroatoms. The molecule has 0 radical (unpaired) electrons. The van der Waals surface area contributed by atoms with Gasteiger partial charge in [0.05, 0.1) is 12.6 Å². The molecule has 0 atom stereocenters. The summed E-state index contributed by atoms with van der Waals surface area (Å²) in [5, 5.41) is 4.92. The van der Waals surface area contributed by atoms with Crippen molar-refractivity contribution in [1.29, 1.82) is 0 Å². The van der Waals surface area contributed by atoms with E-state index in [-0.39, 0.29) is 0 Å². The van der Waals surface area contributed by atoms with Crippen LogP contribution in [0.5, 0.6) is 17.4 Å². The minimum atomic E-state index is -3.81. The third kappa shape index (κ3) is 3.70. The molecular weight excluding hydrogens is 332 g/mol. The number of nitrogens with one attached hydrogen (secondary N) is 1. The Morgan fingerprint density at radius 3 is 2.50 bits per heavy atom. The third-order valence-electron chi connectivity index (χ3n) is 3.07. The molecule has 0 aliphatic carbocycles. The van der Waals surface area contributed by atoms with E-state index < -0.39 is 10.2 Å². The third-order valence-corrected chi connectivity index (χ3v) is 3.59. The number of methoxy groups -OCH3 is 1. The van der Waals surface area contributed by atoms with Crippen molar-refractivity contribution in [3.05, 3.63) is 48.7 Å². The van der Waals surface area contributed by atoms with Gasteiger partial charge in [-0.3, -0.25) is 9.71 Å². The number of anilines is 1. The molecule has 0 amide bonds. The Kier molecular flexibility index (Phi) is 4.19. The molecule has 0 saturated heterocycles. The zero-order valence-electron chi connectivity index (χ0n) is 12.6. The topological polar surface area (TPSA) is 116 Å². The van der Waals surface area contributed by atoms with Crippen molar-refractivity contribution in [3.8, 4) is 17.4 Å². The van der Waals surface area contributed by atoms with Crippen LogP contribution in [0.4, 0.5) is 5.69 Å². The van der Waals surface area contributed by atoms with Gasteiger partial charge in [-0.15, -0.1) is 0 Å². The summed E-state index contributed by atoms with van der Waals surface area (Å²) >= 11 is 0. The van der Waals surface area contributed by atoms with Gasteiger partial charge in [0.15, 0.2) is 5.75 Å². The van der Waals surface area contributed by atoms with E-state index in [4.69, 9.17) is 14.6 Å². The number of nitrogens with zero attached hydrogens (tertiary/aromatic N) is 2. The summed E-state index contributed by atoms with van der Waals surface area (Å²) in [6, 6.07) is 11.5. The van der Waals surface area contributed by atoms with E-state index in [1.54, 1.807) is 36.5 Å². The maximum absolute atomic E-state index is 11.0. The van der Waals surface area contributed by atoms with E-state index >= 15 is 0 Å². The highest BCUT2D eigenvalue weighted by molar-refractivity contribution is 7.90. The largest absolute Gasteiger partial charge is 0.481 e. The molecule has 0 fully saturated rings. The van der Waals surface area contributed by atoms with Crippen molar-refractivity contribution in [2.45, 2.75) is 0 Å². The lowest BCUT2D eigenvalue weighted by atomic mass is 10.3. The SMILES string of the molecule is COc1ccc2nccc(Oc3ccc(NS(N)(=O)=O)cc3)c2n1. The van der Waals surface area contributed by atoms with Crippen LogP contribution >= 0.6 is 0 Å². The van der Waals surface area contributed by atoms with Crippen LogP contribution < -0.4 is 19.3 Å². The molecule has 3 aromatic rings. The standard InChI is InChI=1S/C15H14N4O4S/c1-22-14-7-6-12-15(18-14)13(8-9-17-12)23-11-4-2-10(3-5-11)19-24(16,20)21/h2-9,19H,1H3,(H2,16,20,21). The van der Waals surface area contributed by atoms with Gasteiger partial charge in [0.25, 0.3) is 10.2 Å². The van der Waals surface area contributed by atoms with Gasteiger partial charge < -0.3 is 9.47 Å². The van der Waals surface area contributed by atoms with Crippen molar-refractivity contribution < 1.29 is 17.9 Å². The summed E-state index contributed by atoms with van der Waals surface area (Å²) in [4.78, 5) is 8.56. The quantitative estimate of drug-likeness (QED) is 0.730. The van der Waals surface area contributed by atoms with Crippen molar-refractivity contribution in [2.75, 3.05) is 11.8 Å². The Bertz CT molecular complexity index is 974. The molecule has 0 bridgehead atoms. The lowest BCUT2D eigenvalue weighted by molar-refractivity contribution is 0.399. The summed E-state index contributed by atoms with van der Waals surface area (Å²) in [5.41, 5.74) is 1.56. The molecule has 0 aliphatic rings. The molecular formula is C15H14N4O4S. The van der Waals surface area contributed by atoms with Crippen LogP contribution in [-0.2, 0) is 10.2 Å². The Hall–Kier alpha value is -2.91. The summed E-state index contributed by atoms with van der Waals surface area (Å²) < 4.78 is 35.1. The molecule has 8 nitrogen and oxygen atoms in total. The van der Waals surface area contributed by atoms with Crippen LogP contribution in [0.25, 0.3) is 11.0 Å². The van der Waals surface area contributed by atoms with Crippen LogP contribution in [-0.4, -0.2) is 25.5 Å². The second-order valence-corrected chi connectivity index (χ2v) is 6.10. The summed E-state index contributed by atoms with van der Waals surface area (Å²) in [5.74, 6) is 1.46. The van der Waals surface area contributed by atoms with Gasteiger partial charge >= 0.3 is 0 Å². The number of hydrogen-bond acceptors (Lipinski definition) is 6. The Labute approximate surface area is 138 Å².